The highest BCUT2D eigenvalue weighted by atomic mass is 16.4. The Kier molecular flexibility index (Phi) is 24.1. The zero-order chi connectivity index (χ0) is 50.4. The highest BCUT2D eigenvalue weighted by Crippen LogP contribution is 2.18. The average molecular weight is 955 g/mol. The van der Waals surface area contributed by atoms with Gasteiger partial charge < -0.3 is 79.5 Å². The number of nitrogens with two attached hydrogens (primary N) is 2. The molecule has 0 saturated carbocycles. The van der Waals surface area contributed by atoms with Crippen LogP contribution in [0.2, 0.25) is 0 Å². The maximum absolute atomic E-state index is 13.5. The third-order valence-electron chi connectivity index (χ3n) is 11.0. The number of β-amino-alcohol motifs (C(OH)–C–C–N with tert-alkyl or cyclic N) is 1. The highest BCUT2D eigenvalue weighted by molar-refractivity contribution is 5.98. The third-order valence-corrected chi connectivity index (χ3v) is 11.0. The van der Waals surface area contributed by atoms with E-state index in [2.05, 4.69) is 47.9 Å². The van der Waals surface area contributed by atoms with Gasteiger partial charge in [0, 0.05) is 19.5 Å². The topological polar surface area (TPSA) is 429 Å². The first-order valence-electron chi connectivity index (χ1n) is 22.0. The van der Waals surface area contributed by atoms with Gasteiger partial charge in [0.15, 0.2) is 0 Å². The Morgan fingerprint density at radius 1 is 0.731 bits per heavy atom. The summed E-state index contributed by atoms with van der Waals surface area (Å²) in [5.74, 6) is -11.8. The summed E-state index contributed by atoms with van der Waals surface area (Å²) in [6.45, 7) is 3.37. The SMILES string of the molecule is CCC(C)C(NC(=O)[C@H](CC(=O)O)NC(=O)[C@H](CCC(N)=O)NC(=O)CNC(=O)[C@@H]1C[C@@H](O)CN1)C(=O)NCC(=O)N[C@@H](C)C(=O)NCC(=O)N1CCC[C@H]1C(=O)N[C@@H](CCCCN)C(=O)O. The van der Waals surface area contributed by atoms with E-state index in [1.165, 1.54) is 11.8 Å². The van der Waals surface area contributed by atoms with Gasteiger partial charge in [0.2, 0.25) is 59.1 Å². The molecule has 0 spiro atoms. The first kappa shape index (κ1) is 56.6. The molecule has 0 aliphatic carbocycles. The van der Waals surface area contributed by atoms with Crippen LogP contribution in [0.4, 0.5) is 0 Å². The van der Waals surface area contributed by atoms with Crippen molar-refractivity contribution in [2.45, 2.75) is 133 Å². The van der Waals surface area contributed by atoms with Gasteiger partial charge in [0.25, 0.3) is 0 Å². The Balaban J connectivity index is 1.99. The molecular weight excluding hydrogens is 889 g/mol. The lowest BCUT2D eigenvalue weighted by atomic mass is 9.97. The molecule has 2 fully saturated rings. The van der Waals surface area contributed by atoms with Crippen LogP contribution < -0.4 is 59.3 Å². The normalized spacial score (nSPS) is 19.2. The molecule has 376 valence electrons. The number of nitrogens with zero attached hydrogens (tertiary/aromatic N) is 1. The van der Waals surface area contributed by atoms with Crippen LogP contribution in [0, 0.1) is 5.92 Å². The van der Waals surface area contributed by atoms with Gasteiger partial charge in [0.05, 0.1) is 38.2 Å². The Labute approximate surface area is 386 Å². The van der Waals surface area contributed by atoms with Crippen LogP contribution in [0.15, 0.2) is 0 Å². The van der Waals surface area contributed by atoms with Crippen LogP contribution in [-0.2, 0) is 57.5 Å². The van der Waals surface area contributed by atoms with Crippen LogP contribution in [0.5, 0.6) is 0 Å². The number of likely N-dealkylation sites (tertiary alicyclic amines) is 1. The summed E-state index contributed by atoms with van der Waals surface area (Å²) in [6, 6.07) is -8.89. The van der Waals surface area contributed by atoms with Crippen molar-refractivity contribution in [1.82, 2.24) is 52.8 Å². The van der Waals surface area contributed by atoms with Gasteiger partial charge in [-0.15, -0.1) is 0 Å². The maximum atomic E-state index is 13.5. The summed E-state index contributed by atoms with van der Waals surface area (Å²) in [5, 5.41) is 50.3. The van der Waals surface area contributed by atoms with E-state index in [0.29, 0.717) is 25.8 Å². The Morgan fingerprint density at radius 2 is 1.37 bits per heavy atom. The molecule has 2 aliphatic heterocycles. The number of nitrogens with one attached hydrogen (secondary N) is 9. The molecule has 27 nitrogen and oxygen atoms in total. The number of hydrogen-bond acceptors (Lipinski definition) is 15. The zero-order valence-electron chi connectivity index (χ0n) is 37.9. The molecule has 0 aromatic rings. The number of carbonyl (C=O) groups excluding carboxylic acids is 10. The molecule has 0 radical (unpaired) electrons. The number of unbranched alkanes of at least 4 members (excludes halogenated alkanes) is 1. The van der Waals surface area contributed by atoms with Crippen molar-refractivity contribution in [1.29, 1.82) is 0 Å². The monoisotopic (exact) mass is 954 g/mol. The Hall–Kier alpha value is -6.48. The minimum absolute atomic E-state index is 0.107. The Morgan fingerprint density at radius 3 is 1.97 bits per heavy atom. The summed E-state index contributed by atoms with van der Waals surface area (Å²) in [7, 11) is 0. The summed E-state index contributed by atoms with van der Waals surface area (Å²) in [4.78, 5) is 153. The fraction of sp³-hybridized carbons (Fsp3) is 0.700. The van der Waals surface area contributed by atoms with Crippen molar-refractivity contribution in [3.63, 3.8) is 0 Å². The Bertz CT molecular complexity index is 1820. The number of carboxylic acid groups (broad SMARTS) is 2. The second-order valence-electron chi connectivity index (χ2n) is 16.4. The van der Waals surface area contributed by atoms with E-state index in [1.54, 1.807) is 13.8 Å². The number of amides is 10. The molecule has 16 N–H and O–H groups in total. The van der Waals surface area contributed by atoms with E-state index >= 15 is 0 Å². The van der Waals surface area contributed by atoms with Crippen molar-refractivity contribution in [2.24, 2.45) is 17.4 Å². The van der Waals surface area contributed by atoms with Crippen molar-refractivity contribution in [3.8, 4) is 0 Å². The van der Waals surface area contributed by atoms with Gasteiger partial charge in [-0.2, -0.15) is 0 Å². The summed E-state index contributed by atoms with van der Waals surface area (Å²) < 4.78 is 0. The predicted molar refractivity (Wildman–Crippen MR) is 232 cm³/mol. The molecule has 2 saturated heterocycles. The number of aliphatic hydroxyl groups excluding tert-OH is 1. The van der Waals surface area contributed by atoms with Crippen LogP contribution in [0.25, 0.3) is 0 Å². The summed E-state index contributed by atoms with van der Waals surface area (Å²) in [6.07, 6.45) is -0.239. The standard InChI is InChI=1S/C40H66N12O15/c1-4-20(2)33(51-37(63)26(15-32(58)59)50-36(62)23(10-11-28(42)54)48-30(56)18-44-35(61)25-14-22(53)16-43-25)39(65)45-17-29(55)47-21(3)34(60)46-19-31(57)52-13-7-9-27(52)38(64)49-24(40(66)67)8-5-6-12-41/h20-27,33,43,53H,4-19,41H2,1-3H3,(H2,42,54)(H,44,61)(H,45,65)(H,46,60)(H,47,55)(H,48,56)(H,49,64)(H,50,62)(H,51,63)(H,58,59)(H,66,67)/t20?,21-,22+,23-,24-,25-,26-,27-,33?/m0/s1. The van der Waals surface area contributed by atoms with E-state index in [4.69, 9.17) is 11.5 Å². The lowest BCUT2D eigenvalue weighted by molar-refractivity contribution is -0.144. The second-order valence-corrected chi connectivity index (χ2v) is 16.4. The second kappa shape index (κ2) is 28.5. The van der Waals surface area contributed by atoms with Gasteiger partial charge >= 0.3 is 11.9 Å². The number of hydrogen-bond donors (Lipinski definition) is 14. The molecule has 10 amide bonds. The molecule has 0 aromatic heterocycles. The molecule has 67 heavy (non-hydrogen) atoms. The molecule has 2 heterocycles. The molecule has 2 aliphatic rings. The minimum Gasteiger partial charge on any atom is -0.481 e. The van der Waals surface area contributed by atoms with E-state index in [-0.39, 0.29) is 45.2 Å². The van der Waals surface area contributed by atoms with Crippen LogP contribution in [0.1, 0.15) is 85.0 Å². The quantitative estimate of drug-likeness (QED) is 0.0310. The summed E-state index contributed by atoms with van der Waals surface area (Å²) >= 11 is 0. The van der Waals surface area contributed by atoms with Crippen molar-refractivity contribution in [3.05, 3.63) is 0 Å². The van der Waals surface area contributed by atoms with Gasteiger partial charge in [-0.3, -0.25) is 52.7 Å². The number of carboxylic acids is 2. The third kappa shape index (κ3) is 19.9. The number of primary amides is 1. The number of aliphatic hydroxyl groups is 1. The van der Waals surface area contributed by atoms with Crippen molar-refractivity contribution in [2.75, 3.05) is 39.3 Å². The minimum atomic E-state index is -1.83. The van der Waals surface area contributed by atoms with Gasteiger partial charge in [-0.25, -0.2) is 4.79 Å². The van der Waals surface area contributed by atoms with Gasteiger partial charge in [-0.1, -0.05) is 20.3 Å². The molecule has 9 atom stereocenters. The predicted octanol–water partition coefficient (Wildman–Crippen LogP) is -6.51. The van der Waals surface area contributed by atoms with Crippen molar-refractivity contribution < 1.29 is 72.9 Å². The maximum Gasteiger partial charge on any atom is 0.326 e. The van der Waals surface area contributed by atoms with E-state index in [0.717, 1.165) is 0 Å². The molecule has 0 bridgehead atoms. The van der Waals surface area contributed by atoms with Crippen LogP contribution in [0.3, 0.4) is 0 Å². The average Bonchev–Trinajstić information content (AvgIpc) is 3.95. The van der Waals surface area contributed by atoms with Crippen LogP contribution in [-0.4, -0.2) is 179 Å². The van der Waals surface area contributed by atoms with Crippen LogP contribution >= 0.6 is 0 Å². The molecular formula is C40H66N12O15. The fourth-order valence-electron chi connectivity index (χ4n) is 7.03. The first-order valence-corrected chi connectivity index (χ1v) is 22.0. The summed E-state index contributed by atoms with van der Waals surface area (Å²) in [5.41, 5.74) is 10.7. The molecule has 27 heteroatoms. The lowest BCUT2D eigenvalue weighted by Crippen LogP contribution is -2.59. The van der Waals surface area contributed by atoms with Crippen molar-refractivity contribution >= 4 is 71.0 Å². The number of aliphatic carboxylic acids is 2. The lowest BCUT2D eigenvalue weighted by Gasteiger charge is -2.27. The molecule has 2 unspecified atom stereocenters. The smallest absolute Gasteiger partial charge is 0.326 e. The van der Waals surface area contributed by atoms with E-state index in [9.17, 15) is 72.9 Å². The van der Waals surface area contributed by atoms with E-state index in [1.807, 2.05) is 0 Å². The van der Waals surface area contributed by atoms with E-state index < -0.39 is 158 Å². The highest BCUT2D eigenvalue weighted by Gasteiger charge is 2.37. The largest absolute Gasteiger partial charge is 0.481 e. The first-order chi connectivity index (χ1) is 31.6. The fourth-order valence-corrected chi connectivity index (χ4v) is 7.03. The zero-order valence-corrected chi connectivity index (χ0v) is 37.9. The number of rotatable bonds is 29. The van der Waals surface area contributed by atoms with Gasteiger partial charge in [-0.05, 0) is 64.3 Å². The number of carbonyl (C=O) groups is 12. The molecule has 0 aromatic carbocycles. The van der Waals surface area contributed by atoms with Gasteiger partial charge in [0.1, 0.15) is 36.3 Å². The molecule has 2 rings (SSSR count).